The molecule has 0 aliphatic carbocycles. The number of hydrogen-bond acceptors (Lipinski definition) is 6. The van der Waals surface area contributed by atoms with E-state index in [1.807, 2.05) is 39.0 Å². The third-order valence-corrected chi connectivity index (χ3v) is 5.28. The molecule has 0 saturated carbocycles. The van der Waals surface area contributed by atoms with Crippen molar-refractivity contribution in [1.82, 2.24) is 15.0 Å². The lowest BCUT2D eigenvalue weighted by Gasteiger charge is -2.23. The molecule has 1 unspecified atom stereocenters. The van der Waals surface area contributed by atoms with Gasteiger partial charge in [-0.15, -0.1) is 15.0 Å². The van der Waals surface area contributed by atoms with Gasteiger partial charge in [-0.25, -0.2) is 4.79 Å². The van der Waals surface area contributed by atoms with E-state index in [1.165, 1.54) is 4.80 Å². The van der Waals surface area contributed by atoms with Gasteiger partial charge in [-0.2, -0.15) is 0 Å². The molecule has 176 valence electrons. The Kier molecular flexibility index (Phi) is 6.54. The van der Waals surface area contributed by atoms with Crippen molar-refractivity contribution >= 4 is 17.0 Å². The Balaban J connectivity index is 2.07. The van der Waals surface area contributed by atoms with Crippen LogP contribution in [0.5, 0.6) is 11.5 Å². The topological polar surface area (TPSA) is 86.5 Å². The smallest absolute Gasteiger partial charge is 0.330 e. The van der Waals surface area contributed by atoms with Crippen LogP contribution >= 0.6 is 0 Å². The highest BCUT2D eigenvalue weighted by atomic mass is 16.6. The summed E-state index contributed by atoms with van der Waals surface area (Å²) in [4.78, 5) is 12.9. The van der Waals surface area contributed by atoms with Gasteiger partial charge in [0.2, 0.25) is 0 Å². The Hall–Kier alpha value is -3.35. The van der Waals surface area contributed by atoms with Crippen LogP contribution in [0.15, 0.2) is 43.0 Å². The maximum absolute atomic E-state index is 11.4. The van der Waals surface area contributed by atoms with Gasteiger partial charge < -0.3 is 14.6 Å². The van der Waals surface area contributed by atoms with Crippen LogP contribution in [0, 0.1) is 0 Å². The van der Waals surface area contributed by atoms with Gasteiger partial charge in [0.1, 0.15) is 40.9 Å². The summed E-state index contributed by atoms with van der Waals surface area (Å²) in [5, 5.41) is 20.5. The molecule has 2 aromatic carbocycles. The van der Waals surface area contributed by atoms with E-state index in [0.29, 0.717) is 17.0 Å². The van der Waals surface area contributed by atoms with Crippen molar-refractivity contribution in [2.45, 2.75) is 65.4 Å². The molecule has 0 radical (unpaired) electrons. The zero-order valence-corrected chi connectivity index (χ0v) is 20.5. The van der Waals surface area contributed by atoms with E-state index < -0.39 is 12.1 Å². The quantitative estimate of drug-likeness (QED) is 0.409. The summed E-state index contributed by atoms with van der Waals surface area (Å²) in [7, 11) is 0. The number of aromatic hydroxyl groups is 1. The van der Waals surface area contributed by atoms with Crippen molar-refractivity contribution in [3.05, 3.63) is 54.1 Å². The molecule has 0 bridgehead atoms. The Morgan fingerprint density at radius 1 is 1.12 bits per heavy atom. The van der Waals surface area contributed by atoms with Crippen molar-refractivity contribution in [1.29, 1.82) is 0 Å². The van der Waals surface area contributed by atoms with E-state index in [9.17, 15) is 9.90 Å². The number of hydrogen-bond donors (Lipinski definition) is 1. The second-order valence-corrected chi connectivity index (χ2v) is 10.3. The summed E-state index contributed by atoms with van der Waals surface area (Å²) in [6.07, 6.45) is 0.651. The summed E-state index contributed by atoms with van der Waals surface area (Å²) >= 11 is 0. The molecule has 1 heterocycles. The number of carbonyl (C=O) groups excluding carboxylic acids is 1. The third-order valence-electron chi connectivity index (χ3n) is 5.28. The lowest BCUT2D eigenvalue weighted by molar-refractivity contribution is -0.143. The first kappa shape index (κ1) is 24.3. The molecule has 3 aromatic rings. The number of rotatable bonds is 6. The Morgan fingerprint density at radius 3 is 2.39 bits per heavy atom. The van der Waals surface area contributed by atoms with E-state index in [4.69, 9.17) is 14.6 Å². The van der Waals surface area contributed by atoms with Gasteiger partial charge in [-0.05, 0) is 35.4 Å². The van der Waals surface area contributed by atoms with Crippen molar-refractivity contribution in [3.63, 3.8) is 0 Å². The SMILES string of the molecule is C=CC(=O)OC(C)COc1cc(-n2nc3cccc(C(C)(C)C)c3n2)c(O)c(C(C)(C)C)c1. The summed E-state index contributed by atoms with van der Waals surface area (Å²) in [6.45, 7) is 17.7. The Bertz CT molecular complexity index is 1180. The number of benzene rings is 2. The maximum Gasteiger partial charge on any atom is 0.330 e. The molecule has 1 aromatic heterocycles. The summed E-state index contributed by atoms with van der Waals surface area (Å²) in [6, 6.07) is 9.42. The fourth-order valence-corrected chi connectivity index (χ4v) is 3.54. The van der Waals surface area contributed by atoms with Gasteiger partial charge in [0.05, 0.1) is 0 Å². The monoisotopic (exact) mass is 451 g/mol. The lowest BCUT2D eigenvalue weighted by Crippen LogP contribution is -2.21. The molecule has 7 nitrogen and oxygen atoms in total. The zero-order chi connectivity index (χ0) is 24.6. The van der Waals surface area contributed by atoms with E-state index in [-0.39, 0.29) is 23.2 Å². The standard InChI is InChI=1S/C26H33N3O4/c1-9-22(30)33-16(2)15-32-17-13-19(26(6,7)8)24(31)21(14-17)29-27-20-12-10-11-18(23(20)28-29)25(3,4)5/h9-14,16,31H,1,15H2,2-8H3. The molecule has 0 saturated heterocycles. The van der Waals surface area contributed by atoms with Crippen LogP contribution in [0.4, 0.5) is 0 Å². The number of nitrogens with zero attached hydrogens (tertiary/aromatic N) is 3. The van der Waals surface area contributed by atoms with Crippen molar-refractivity contribution in [3.8, 4) is 17.2 Å². The van der Waals surface area contributed by atoms with Gasteiger partial charge in [-0.1, -0.05) is 60.3 Å². The molecule has 0 fully saturated rings. The van der Waals surface area contributed by atoms with Crippen molar-refractivity contribution in [2.24, 2.45) is 0 Å². The molecule has 1 atom stereocenters. The highest BCUT2D eigenvalue weighted by Gasteiger charge is 2.25. The number of fused-ring (bicyclic) bond motifs is 1. The summed E-state index contributed by atoms with van der Waals surface area (Å²) < 4.78 is 11.1. The van der Waals surface area contributed by atoms with Crippen molar-refractivity contribution in [2.75, 3.05) is 6.61 Å². The second-order valence-electron chi connectivity index (χ2n) is 10.3. The van der Waals surface area contributed by atoms with Gasteiger partial charge >= 0.3 is 5.97 Å². The fraction of sp³-hybridized carbons (Fsp3) is 0.423. The highest BCUT2D eigenvalue weighted by molar-refractivity contribution is 5.81. The van der Waals surface area contributed by atoms with Crippen LogP contribution < -0.4 is 4.74 Å². The Labute approximate surface area is 195 Å². The van der Waals surface area contributed by atoms with E-state index in [1.54, 1.807) is 19.1 Å². The van der Waals surface area contributed by atoms with Crippen molar-refractivity contribution < 1.29 is 19.4 Å². The predicted molar refractivity (Wildman–Crippen MR) is 129 cm³/mol. The molecule has 0 amide bonds. The van der Waals surface area contributed by atoms with Crippen LogP contribution in [-0.2, 0) is 20.4 Å². The second kappa shape index (κ2) is 8.89. The van der Waals surface area contributed by atoms with E-state index in [2.05, 4.69) is 32.4 Å². The minimum atomic E-state index is -0.505. The fourth-order valence-electron chi connectivity index (χ4n) is 3.54. The molecular weight excluding hydrogens is 418 g/mol. The normalized spacial score (nSPS) is 13.1. The average Bonchev–Trinajstić information content (AvgIpc) is 3.15. The molecule has 0 aliphatic rings. The van der Waals surface area contributed by atoms with Gasteiger partial charge in [0, 0.05) is 17.7 Å². The molecule has 7 heteroatoms. The largest absolute Gasteiger partial charge is 0.505 e. The lowest BCUT2D eigenvalue weighted by atomic mass is 9.86. The maximum atomic E-state index is 11.4. The number of ether oxygens (including phenoxy) is 2. The predicted octanol–water partition coefficient (Wildman–Crippen LogP) is 5.22. The molecule has 1 N–H and O–H groups in total. The molecule has 0 spiro atoms. The molecule has 33 heavy (non-hydrogen) atoms. The van der Waals surface area contributed by atoms with E-state index in [0.717, 1.165) is 22.7 Å². The van der Waals surface area contributed by atoms with Crippen LogP contribution in [0.3, 0.4) is 0 Å². The number of phenolic OH excluding ortho intramolecular Hbond substituents is 1. The number of aromatic nitrogens is 3. The summed E-state index contributed by atoms with van der Waals surface area (Å²) in [5.74, 6) is 0.111. The Morgan fingerprint density at radius 2 is 1.79 bits per heavy atom. The van der Waals surface area contributed by atoms with Gasteiger partial charge in [-0.3, -0.25) is 0 Å². The minimum absolute atomic E-state index is 0.0959. The van der Waals surface area contributed by atoms with Gasteiger partial charge in [0.25, 0.3) is 0 Å². The summed E-state index contributed by atoms with van der Waals surface area (Å²) in [5.41, 5.74) is 3.26. The first-order valence-electron chi connectivity index (χ1n) is 11.0. The third kappa shape index (κ3) is 5.35. The zero-order valence-electron chi connectivity index (χ0n) is 20.5. The van der Waals surface area contributed by atoms with Crippen LogP contribution in [0.1, 0.15) is 59.6 Å². The van der Waals surface area contributed by atoms with Gasteiger partial charge in [0.15, 0.2) is 0 Å². The van der Waals surface area contributed by atoms with Crippen LogP contribution in [0.2, 0.25) is 0 Å². The number of phenols is 1. The van der Waals surface area contributed by atoms with Crippen LogP contribution in [-0.4, -0.2) is 38.8 Å². The highest BCUT2D eigenvalue weighted by Crippen LogP contribution is 2.39. The minimum Gasteiger partial charge on any atom is -0.505 e. The molecule has 3 rings (SSSR count). The first-order chi connectivity index (χ1) is 15.3. The van der Waals surface area contributed by atoms with Crippen LogP contribution in [0.25, 0.3) is 16.7 Å². The number of carbonyl (C=O) groups is 1. The molecular formula is C26H33N3O4. The number of esters is 1. The van der Waals surface area contributed by atoms with E-state index >= 15 is 0 Å². The first-order valence-corrected chi connectivity index (χ1v) is 11.0. The average molecular weight is 452 g/mol. The molecule has 0 aliphatic heterocycles.